The molecule has 0 aliphatic heterocycles. The van der Waals surface area contributed by atoms with E-state index in [0.29, 0.717) is 12.2 Å². The lowest BCUT2D eigenvalue weighted by molar-refractivity contribution is -0.123. The average molecular weight is 421 g/mol. The Morgan fingerprint density at radius 2 is 1.77 bits per heavy atom. The van der Waals surface area contributed by atoms with Crippen molar-refractivity contribution in [3.05, 3.63) is 87.8 Å². The van der Waals surface area contributed by atoms with Gasteiger partial charge in [0.2, 0.25) is 5.69 Å². The van der Waals surface area contributed by atoms with Gasteiger partial charge in [0.05, 0.1) is 18.4 Å². The van der Waals surface area contributed by atoms with Gasteiger partial charge in [0, 0.05) is 6.54 Å². The van der Waals surface area contributed by atoms with Crippen LogP contribution in [0.4, 0.5) is 0 Å². The van der Waals surface area contributed by atoms with Crippen molar-refractivity contribution >= 4 is 11.9 Å². The summed E-state index contributed by atoms with van der Waals surface area (Å²) in [7, 11) is 0. The molecule has 31 heavy (non-hydrogen) atoms. The van der Waals surface area contributed by atoms with Gasteiger partial charge in [0.25, 0.3) is 11.5 Å². The molecule has 1 aromatic heterocycles. The molecule has 0 radical (unpaired) electrons. The third-order valence-electron chi connectivity index (χ3n) is 4.40. The fraction of sp³-hybridized carbons (Fsp3) is 0.217. The smallest absolute Gasteiger partial charge is 0.362 e. The van der Waals surface area contributed by atoms with Gasteiger partial charge in [-0.15, -0.1) is 0 Å². The molecule has 0 atom stereocenters. The van der Waals surface area contributed by atoms with Crippen LogP contribution in [0.3, 0.4) is 0 Å². The third kappa shape index (κ3) is 5.57. The molecule has 0 unspecified atom stereocenters. The van der Waals surface area contributed by atoms with E-state index in [1.165, 1.54) is 0 Å². The maximum absolute atomic E-state index is 12.6. The largest absolute Gasteiger partial charge is 0.481 e. The zero-order chi connectivity index (χ0) is 22.2. The summed E-state index contributed by atoms with van der Waals surface area (Å²) >= 11 is 0. The number of aryl methyl sites for hydroxylation is 1. The number of para-hydroxylation sites is 1. The van der Waals surface area contributed by atoms with Crippen LogP contribution < -0.4 is 15.6 Å². The van der Waals surface area contributed by atoms with Crippen molar-refractivity contribution in [1.82, 2.24) is 15.1 Å². The van der Waals surface area contributed by atoms with Gasteiger partial charge in [-0.25, -0.2) is 4.79 Å². The fourth-order valence-electron chi connectivity index (χ4n) is 2.86. The van der Waals surface area contributed by atoms with Crippen LogP contribution in [0, 0.1) is 6.92 Å². The second-order valence-electron chi connectivity index (χ2n) is 6.67. The van der Waals surface area contributed by atoms with Crippen LogP contribution in [-0.2, 0) is 16.1 Å². The van der Waals surface area contributed by atoms with Gasteiger partial charge < -0.3 is 14.8 Å². The Kier molecular flexibility index (Phi) is 7.16. The molecule has 1 amide bonds. The molecule has 3 rings (SSSR count). The first-order valence-corrected chi connectivity index (χ1v) is 9.80. The molecule has 0 saturated heterocycles. The first-order chi connectivity index (χ1) is 15.0. The number of hydrogen-bond acceptors (Lipinski definition) is 6. The van der Waals surface area contributed by atoms with Crippen molar-refractivity contribution in [3.8, 4) is 11.4 Å². The van der Waals surface area contributed by atoms with E-state index in [-0.39, 0.29) is 24.7 Å². The summed E-state index contributed by atoms with van der Waals surface area (Å²) in [5.41, 5.74) is 1.60. The summed E-state index contributed by atoms with van der Waals surface area (Å²) in [6.45, 7) is 3.57. The lowest BCUT2D eigenvalue weighted by Gasteiger charge is -2.13. The molecule has 8 heteroatoms. The van der Waals surface area contributed by atoms with Gasteiger partial charge in [-0.1, -0.05) is 48.5 Å². The molecular formula is C23H23N3O5. The Balaban J connectivity index is 1.81. The van der Waals surface area contributed by atoms with Gasteiger partial charge in [-0.2, -0.15) is 9.78 Å². The molecule has 0 aliphatic carbocycles. The number of benzene rings is 2. The van der Waals surface area contributed by atoms with Gasteiger partial charge in [0.1, 0.15) is 0 Å². The predicted octanol–water partition coefficient (Wildman–Crippen LogP) is 2.41. The molecule has 160 valence electrons. The van der Waals surface area contributed by atoms with Crippen molar-refractivity contribution in [2.24, 2.45) is 0 Å². The number of amides is 1. The molecular weight excluding hydrogens is 398 g/mol. The SMILES string of the molecule is CCOC(=O)c1nn(-c2ccccc2C)c(=O)cc1OCC(=O)NCc1ccccc1. The average Bonchev–Trinajstić information content (AvgIpc) is 2.77. The normalized spacial score (nSPS) is 10.4. The third-order valence-corrected chi connectivity index (χ3v) is 4.40. The highest BCUT2D eigenvalue weighted by atomic mass is 16.5. The number of hydrogen-bond donors (Lipinski definition) is 1. The zero-order valence-corrected chi connectivity index (χ0v) is 17.3. The number of carbonyl (C=O) groups excluding carboxylic acids is 2. The van der Waals surface area contributed by atoms with E-state index in [9.17, 15) is 14.4 Å². The molecule has 3 aromatic rings. The number of rotatable bonds is 8. The monoisotopic (exact) mass is 421 g/mol. The maximum atomic E-state index is 12.6. The number of esters is 1. The van der Waals surface area contributed by atoms with Crippen LogP contribution in [0.15, 0.2) is 65.5 Å². The van der Waals surface area contributed by atoms with Crippen molar-refractivity contribution in [2.75, 3.05) is 13.2 Å². The zero-order valence-electron chi connectivity index (χ0n) is 17.3. The van der Waals surface area contributed by atoms with Gasteiger partial charge in [-0.3, -0.25) is 9.59 Å². The molecule has 0 spiro atoms. The summed E-state index contributed by atoms with van der Waals surface area (Å²) in [5.74, 6) is -1.26. The van der Waals surface area contributed by atoms with E-state index in [2.05, 4.69) is 10.4 Å². The van der Waals surface area contributed by atoms with Crippen molar-refractivity contribution in [1.29, 1.82) is 0 Å². The summed E-state index contributed by atoms with van der Waals surface area (Å²) in [4.78, 5) is 37.2. The van der Waals surface area contributed by atoms with E-state index in [0.717, 1.165) is 21.9 Å². The molecule has 1 heterocycles. The first-order valence-electron chi connectivity index (χ1n) is 9.80. The molecule has 0 bridgehead atoms. The Bertz CT molecular complexity index is 1130. The maximum Gasteiger partial charge on any atom is 0.362 e. The second-order valence-corrected chi connectivity index (χ2v) is 6.67. The summed E-state index contributed by atoms with van der Waals surface area (Å²) in [6, 6.07) is 17.7. The number of nitrogens with zero attached hydrogens (tertiary/aromatic N) is 2. The Morgan fingerprint density at radius 3 is 2.48 bits per heavy atom. The van der Waals surface area contributed by atoms with Crippen LogP contribution in [0.1, 0.15) is 28.5 Å². The van der Waals surface area contributed by atoms with Crippen LogP contribution >= 0.6 is 0 Å². The molecule has 0 fully saturated rings. The summed E-state index contributed by atoms with van der Waals surface area (Å²) in [6.07, 6.45) is 0. The minimum Gasteiger partial charge on any atom is -0.481 e. The van der Waals surface area contributed by atoms with Gasteiger partial charge >= 0.3 is 5.97 Å². The van der Waals surface area contributed by atoms with E-state index >= 15 is 0 Å². The lowest BCUT2D eigenvalue weighted by atomic mass is 10.2. The minimum absolute atomic E-state index is 0.108. The Labute approximate surface area is 179 Å². The summed E-state index contributed by atoms with van der Waals surface area (Å²) < 4.78 is 11.6. The number of aromatic nitrogens is 2. The minimum atomic E-state index is -0.746. The standard InChI is InChI=1S/C23H23N3O5/c1-3-30-23(29)22-19(31-15-20(27)24-14-17-10-5-4-6-11-17)13-21(28)26(25-22)18-12-8-7-9-16(18)2/h4-13H,3,14-15H2,1-2H3,(H,24,27). The van der Waals surface area contributed by atoms with Crippen molar-refractivity contribution in [3.63, 3.8) is 0 Å². The molecule has 1 N–H and O–H groups in total. The van der Waals surface area contributed by atoms with Crippen molar-refractivity contribution < 1.29 is 19.1 Å². The highest BCUT2D eigenvalue weighted by Gasteiger charge is 2.21. The van der Waals surface area contributed by atoms with Crippen LogP contribution in [0.25, 0.3) is 5.69 Å². The lowest BCUT2D eigenvalue weighted by Crippen LogP contribution is -2.30. The van der Waals surface area contributed by atoms with Gasteiger partial charge in [0.15, 0.2) is 12.4 Å². The quantitative estimate of drug-likeness (QED) is 0.561. The fourth-order valence-corrected chi connectivity index (χ4v) is 2.86. The second kappa shape index (κ2) is 10.2. The number of ether oxygens (including phenoxy) is 2. The van der Waals surface area contributed by atoms with Crippen LogP contribution in [0.5, 0.6) is 5.75 Å². The highest BCUT2D eigenvalue weighted by Crippen LogP contribution is 2.17. The molecule has 2 aromatic carbocycles. The summed E-state index contributed by atoms with van der Waals surface area (Å²) in [5, 5.41) is 6.88. The van der Waals surface area contributed by atoms with E-state index in [1.54, 1.807) is 19.1 Å². The molecule has 0 aliphatic rings. The number of nitrogens with one attached hydrogen (secondary N) is 1. The van der Waals surface area contributed by atoms with Gasteiger partial charge in [-0.05, 0) is 31.0 Å². The van der Waals surface area contributed by atoms with E-state index < -0.39 is 17.4 Å². The van der Waals surface area contributed by atoms with Crippen molar-refractivity contribution in [2.45, 2.75) is 20.4 Å². The van der Waals surface area contributed by atoms with E-state index in [1.807, 2.05) is 49.4 Å². The molecule has 0 saturated carbocycles. The number of carbonyl (C=O) groups is 2. The topological polar surface area (TPSA) is 99.5 Å². The highest BCUT2D eigenvalue weighted by molar-refractivity contribution is 5.90. The first kappa shape index (κ1) is 21.8. The Morgan fingerprint density at radius 1 is 1.06 bits per heavy atom. The van der Waals surface area contributed by atoms with Crippen LogP contribution in [0.2, 0.25) is 0 Å². The Hall–Kier alpha value is -3.94. The predicted molar refractivity (Wildman–Crippen MR) is 114 cm³/mol. The molecule has 8 nitrogen and oxygen atoms in total. The van der Waals surface area contributed by atoms with Crippen LogP contribution in [-0.4, -0.2) is 34.9 Å². The van der Waals surface area contributed by atoms with E-state index in [4.69, 9.17) is 9.47 Å².